The molecule has 120 valence electrons. The molecule has 1 aromatic heterocycles. The van der Waals surface area contributed by atoms with Gasteiger partial charge in [-0.2, -0.15) is 0 Å². The summed E-state index contributed by atoms with van der Waals surface area (Å²) in [4.78, 5) is 25.5. The first-order valence-electron chi connectivity index (χ1n) is 7.82. The minimum Gasteiger partial charge on any atom is -0.326 e. The Morgan fingerprint density at radius 1 is 1.13 bits per heavy atom. The summed E-state index contributed by atoms with van der Waals surface area (Å²) < 4.78 is 0. The molecular weight excluding hydrogens is 308 g/mol. The second-order valence-corrected chi connectivity index (χ2v) is 7.26. The quantitative estimate of drug-likeness (QED) is 0.892. The smallest absolute Gasteiger partial charge is 0.265 e. The van der Waals surface area contributed by atoms with Crippen molar-refractivity contribution in [2.75, 3.05) is 10.6 Å². The molecule has 0 unspecified atom stereocenters. The molecule has 0 radical (unpaired) electrons. The van der Waals surface area contributed by atoms with Crippen molar-refractivity contribution in [3.8, 4) is 0 Å². The van der Waals surface area contributed by atoms with Gasteiger partial charge in [0, 0.05) is 23.2 Å². The number of aryl methyl sites for hydroxylation is 1. The van der Waals surface area contributed by atoms with Crippen LogP contribution in [-0.4, -0.2) is 11.8 Å². The number of carbonyl (C=O) groups excluding carboxylic acids is 2. The van der Waals surface area contributed by atoms with Crippen LogP contribution in [0.1, 0.15) is 40.4 Å². The lowest BCUT2D eigenvalue weighted by Crippen LogP contribution is -2.10. The van der Waals surface area contributed by atoms with Crippen molar-refractivity contribution in [3.63, 3.8) is 0 Å². The summed E-state index contributed by atoms with van der Waals surface area (Å²) in [6.45, 7) is 3.73. The number of nitrogens with one attached hydrogen (secondary N) is 2. The van der Waals surface area contributed by atoms with Crippen molar-refractivity contribution in [1.29, 1.82) is 0 Å². The summed E-state index contributed by atoms with van der Waals surface area (Å²) in [5.74, 6) is 0.527. The van der Waals surface area contributed by atoms with Gasteiger partial charge in [0.25, 0.3) is 5.91 Å². The molecule has 5 heteroatoms. The number of amides is 2. The lowest BCUT2D eigenvalue weighted by atomic mass is 9.90. The Morgan fingerprint density at radius 2 is 1.78 bits per heavy atom. The van der Waals surface area contributed by atoms with Gasteiger partial charge in [0.1, 0.15) is 0 Å². The first kappa shape index (κ1) is 15.7. The third kappa shape index (κ3) is 3.79. The van der Waals surface area contributed by atoms with Gasteiger partial charge in [0.05, 0.1) is 4.88 Å². The number of carbonyl (C=O) groups is 2. The maximum atomic E-state index is 12.4. The van der Waals surface area contributed by atoms with E-state index in [-0.39, 0.29) is 11.8 Å². The molecule has 1 aliphatic carbocycles. The summed E-state index contributed by atoms with van der Waals surface area (Å²) in [7, 11) is 0. The highest BCUT2D eigenvalue weighted by atomic mass is 32.1. The van der Waals surface area contributed by atoms with E-state index in [0.717, 1.165) is 29.1 Å². The molecule has 0 saturated carbocycles. The van der Waals surface area contributed by atoms with Crippen LogP contribution in [0.3, 0.4) is 0 Å². The first-order valence-corrected chi connectivity index (χ1v) is 8.63. The Labute approximate surface area is 139 Å². The van der Waals surface area contributed by atoms with E-state index in [1.54, 1.807) is 35.6 Å². The van der Waals surface area contributed by atoms with E-state index in [1.165, 1.54) is 23.8 Å². The molecule has 0 bridgehead atoms. The summed E-state index contributed by atoms with van der Waals surface area (Å²) in [5.41, 5.74) is 2.78. The monoisotopic (exact) mass is 328 g/mol. The summed E-state index contributed by atoms with van der Waals surface area (Å²) in [6, 6.07) is 9.17. The lowest BCUT2D eigenvalue weighted by molar-refractivity contribution is -0.114. The summed E-state index contributed by atoms with van der Waals surface area (Å²) in [5, 5.41) is 5.62. The molecule has 23 heavy (non-hydrogen) atoms. The molecule has 1 atom stereocenters. The van der Waals surface area contributed by atoms with Gasteiger partial charge in [-0.25, -0.2) is 0 Å². The molecule has 0 aliphatic heterocycles. The van der Waals surface area contributed by atoms with Gasteiger partial charge < -0.3 is 10.6 Å². The molecule has 0 saturated heterocycles. The Kier molecular flexibility index (Phi) is 4.48. The largest absolute Gasteiger partial charge is 0.326 e. The van der Waals surface area contributed by atoms with E-state index < -0.39 is 0 Å². The van der Waals surface area contributed by atoms with Crippen molar-refractivity contribution >= 4 is 34.5 Å². The molecule has 2 amide bonds. The fourth-order valence-corrected chi connectivity index (χ4v) is 3.95. The number of fused-ring (bicyclic) bond motifs is 1. The second-order valence-electron chi connectivity index (χ2n) is 6.12. The van der Waals surface area contributed by atoms with E-state index in [0.29, 0.717) is 5.92 Å². The maximum absolute atomic E-state index is 12.4. The van der Waals surface area contributed by atoms with E-state index in [1.807, 2.05) is 6.07 Å². The van der Waals surface area contributed by atoms with E-state index >= 15 is 0 Å². The van der Waals surface area contributed by atoms with Crippen LogP contribution in [0, 0.1) is 5.92 Å². The zero-order chi connectivity index (χ0) is 16.4. The third-order valence-corrected chi connectivity index (χ3v) is 5.25. The molecule has 0 spiro atoms. The minimum absolute atomic E-state index is 0.0654. The number of hydrogen-bond acceptors (Lipinski definition) is 3. The Bertz CT molecular complexity index is 734. The Morgan fingerprint density at radius 3 is 2.43 bits per heavy atom. The average molecular weight is 328 g/mol. The van der Waals surface area contributed by atoms with Gasteiger partial charge >= 0.3 is 0 Å². The van der Waals surface area contributed by atoms with Crippen molar-refractivity contribution < 1.29 is 9.59 Å². The van der Waals surface area contributed by atoms with Gasteiger partial charge in [0.15, 0.2) is 0 Å². The minimum atomic E-state index is -0.111. The molecule has 2 N–H and O–H groups in total. The number of rotatable bonds is 3. The molecular formula is C18H20N2O2S. The topological polar surface area (TPSA) is 58.2 Å². The van der Waals surface area contributed by atoms with Crippen molar-refractivity contribution in [2.45, 2.75) is 33.1 Å². The molecule has 1 heterocycles. The Balaban J connectivity index is 1.68. The second kappa shape index (κ2) is 6.54. The van der Waals surface area contributed by atoms with Crippen LogP contribution in [0.25, 0.3) is 0 Å². The number of hydrogen-bond donors (Lipinski definition) is 2. The molecule has 2 aromatic rings. The van der Waals surface area contributed by atoms with Gasteiger partial charge in [-0.3, -0.25) is 9.59 Å². The first-order chi connectivity index (χ1) is 11.0. The van der Waals surface area contributed by atoms with Crippen LogP contribution in [0.4, 0.5) is 11.4 Å². The van der Waals surface area contributed by atoms with Gasteiger partial charge in [-0.15, -0.1) is 11.3 Å². The number of thiophene rings is 1. The van der Waals surface area contributed by atoms with Crippen LogP contribution >= 0.6 is 11.3 Å². The van der Waals surface area contributed by atoms with Crippen molar-refractivity contribution in [2.24, 2.45) is 5.92 Å². The SMILES string of the molecule is CC(=O)Nc1ccc(NC(=O)c2cc3c(s2)CC[C@@H](C)C3)cc1. The van der Waals surface area contributed by atoms with Gasteiger partial charge in [0.2, 0.25) is 5.91 Å². The van der Waals surface area contributed by atoms with Gasteiger partial charge in [-0.1, -0.05) is 6.92 Å². The average Bonchev–Trinajstić information content (AvgIpc) is 2.92. The Hall–Kier alpha value is -2.14. The van der Waals surface area contributed by atoms with Gasteiger partial charge in [-0.05, 0) is 61.1 Å². The fraction of sp³-hybridized carbons (Fsp3) is 0.333. The highest BCUT2D eigenvalue weighted by Gasteiger charge is 2.20. The highest BCUT2D eigenvalue weighted by molar-refractivity contribution is 7.14. The van der Waals surface area contributed by atoms with E-state index in [4.69, 9.17) is 0 Å². The predicted molar refractivity (Wildman–Crippen MR) is 94.2 cm³/mol. The molecule has 0 fully saturated rings. The molecule has 3 rings (SSSR count). The molecule has 1 aliphatic rings. The molecule has 4 nitrogen and oxygen atoms in total. The van der Waals surface area contributed by atoms with Crippen LogP contribution in [0.5, 0.6) is 0 Å². The standard InChI is InChI=1S/C18H20N2O2S/c1-11-3-8-16-13(9-11)10-17(23-16)18(22)20-15-6-4-14(5-7-15)19-12(2)21/h4-7,10-11H,3,8-9H2,1-2H3,(H,19,21)(H,20,22)/t11-/m1/s1. The molecule has 1 aromatic carbocycles. The van der Waals surface area contributed by atoms with E-state index in [2.05, 4.69) is 17.6 Å². The lowest BCUT2D eigenvalue weighted by Gasteiger charge is -2.16. The predicted octanol–water partition coefficient (Wildman–Crippen LogP) is 4.08. The van der Waals surface area contributed by atoms with Crippen LogP contribution in [0.15, 0.2) is 30.3 Å². The number of benzene rings is 1. The van der Waals surface area contributed by atoms with Crippen molar-refractivity contribution in [3.05, 3.63) is 45.6 Å². The van der Waals surface area contributed by atoms with Crippen LogP contribution < -0.4 is 10.6 Å². The third-order valence-electron chi connectivity index (χ3n) is 4.02. The summed E-state index contributed by atoms with van der Waals surface area (Å²) >= 11 is 1.61. The van der Waals surface area contributed by atoms with Crippen LogP contribution in [-0.2, 0) is 17.6 Å². The van der Waals surface area contributed by atoms with Crippen LogP contribution in [0.2, 0.25) is 0 Å². The maximum Gasteiger partial charge on any atom is 0.265 e. The summed E-state index contributed by atoms with van der Waals surface area (Å²) in [6.07, 6.45) is 3.36. The fourth-order valence-electron chi connectivity index (χ4n) is 2.85. The zero-order valence-corrected chi connectivity index (χ0v) is 14.1. The van der Waals surface area contributed by atoms with E-state index in [9.17, 15) is 9.59 Å². The highest BCUT2D eigenvalue weighted by Crippen LogP contribution is 2.32. The zero-order valence-electron chi connectivity index (χ0n) is 13.3. The van der Waals surface area contributed by atoms with Crippen molar-refractivity contribution in [1.82, 2.24) is 0 Å². The normalized spacial score (nSPS) is 16.5. The number of anilines is 2.